The van der Waals surface area contributed by atoms with Gasteiger partial charge >= 0.3 is 0 Å². The molecular formula is C15H18BrNOS. The van der Waals surface area contributed by atoms with Crippen LogP contribution in [0.2, 0.25) is 0 Å². The fraction of sp³-hybridized carbons (Fsp3) is 0.333. The van der Waals surface area contributed by atoms with Crippen molar-refractivity contribution in [2.24, 2.45) is 5.73 Å². The predicted octanol–water partition coefficient (Wildman–Crippen LogP) is 4.46. The molecule has 0 bridgehead atoms. The zero-order chi connectivity index (χ0) is 13.8. The summed E-state index contributed by atoms with van der Waals surface area (Å²) in [5.41, 5.74) is 8.82. The standard InChI is InChI=1S/C15H18BrNOS/c1-10-13(9-15(16)19-10)14(17)8-5-11-3-6-12(18-2)7-4-11/h3-4,6-7,9,14H,5,8,17H2,1-2H3. The van der Waals surface area contributed by atoms with Crippen LogP contribution in [-0.2, 0) is 6.42 Å². The molecule has 1 atom stereocenters. The molecule has 1 heterocycles. The van der Waals surface area contributed by atoms with Crippen molar-refractivity contribution in [3.63, 3.8) is 0 Å². The molecule has 4 heteroatoms. The molecule has 0 aliphatic rings. The average Bonchev–Trinajstić information content (AvgIpc) is 2.75. The van der Waals surface area contributed by atoms with Crippen LogP contribution in [0.25, 0.3) is 0 Å². The van der Waals surface area contributed by atoms with Crippen LogP contribution in [-0.4, -0.2) is 7.11 Å². The van der Waals surface area contributed by atoms with E-state index in [1.807, 2.05) is 12.1 Å². The molecule has 1 aromatic heterocycles. The van der Waals surface area contributed by atoms with E-state index in [4.69, 9.17) is 10.5 Å². The van der Waals surface area contributed by atoms with Gasteiger partial charge in [0.15, 0.2) is 0 Å². The minimum absolute atomic E-state index is 0.102. The molecule has 102 valence electrons. The Morgan fingerprint density at radius 1 is 1.32 bits per heavy atom. The van der Waals surface area contributed by atoms with Gasteiger partial charge in [0.25, 0.3) is 0 Å². The number of hydrogen-bond acceptors (Lipinski definition) is 3. The van der Waals surface area contributed by atoms with E-state index in [9.17, 15) is 0 Å². The summed E-state index contributed by atoms with van der Waals surface area (Å²) in [7, 11) is 1.68. The van der Waals surface area contributed by atoms with Crippen LogP contribution in [0.4, 0.5) is 0 Å². The van der Waals surface area contributed by atoms with Gasteiger partial charge in [-0.05, 0) is 65.0 Å². The van der Waals surface area contributed by atoms with Crippen LogP contribution < -0.4 is 10.5 Å². The van der Waals surface area contributed by atoms with Crippen molar-refractivity contribution in [1.29, 1.82) is 0 Å². The number of benzene rings is 1. The molecule has 2 nitrogen and oxygen atoms in total. The summed E-state index contributed by atoms with van der Waals surface area (Å²) in [6, 6.07) is 10.4. The molecule has 2 N–H and O–H groups in total. The third-order valence-electron chi connectivity index (χ3n) is 3.23. The summed E-state index contributed by atoms with van der Waals surface area (Å²) < 4.78 is 6.31. The zero-order valence-electron chi connectivity index (χ0n) is 11.2. The van der Waals surface area contributed by atoms with E-state index in [1.54, 1.807) is 18.4 Å². The Morgan fingerprint density at radius 3 is 2.53 bits per heavy atom. The van der Waals surface area contributed by atoms with Gasteiger partial charge in [0.2, 0.25) is 0 Å². The molecular weight excluding hydrogens is 322 g/mol. The number of halogens is 1. The number of hydrogen-bond donors (Lipinski definition) is 1. The summed E-state index contributed by atoms with van der Waals surface area (Å²) >= 11 is 5.26. The highest BCUT2D eigenvalue weighted by molar-refractivity contribution is 9.11. The van der Waals surface area contributed by atoms with Gasteiger partial charge in [-0.2, -0.15) is 0 Å². The number of rotatable bonds is 5. The summed E-state index contributed by atoms with van der Waals surface area (Å²) in [5.74, 6) is 0.894. The van der Waals surface area contributed by atoms with Crippen LogP contribution >= 0.6 is 27.3 Å². The Morgan fingerprint density at radius 2 is 2.00 bits per heavy atom. The lowest BCUT2D eigenvalue weighted by atomic mass is 10.0. The van der Waals surface area contributed by atoms with Gasteiger partial charge in [0.05, 0.1) is 10.9 Å². The van der Waals surface area contributed by atoms with Crippen LogP contribution in [0, 0.1) is 6.92 Å². The Hall–Kier alpha value is -0.840. The maximum absolute atomic E-state index is 6.27. The molecule has 2 aromatic rings. The molecule has 0 saturated carbocycles. The fourth-order valence-corrected chi connectivity index (χ4v) is 3.88. The van der Waals surface area contributed by atoms with Gasteiger partial charge in [-0.25, -0.2) is 0 Å². The molecule has 2 rings (SSSR count). The molecule has 0 spiro atoms. The Kier molecular flexibility index (Phi) is 5.02. The summed E-state index contributed by atoms with van der Waals surface area (Å²) in [5, 5.41) is 0. The molecule has 0 aliphatic carbocycles. The molecule has 0 fully saturated rings. The van der Waals surface area contributed by atoms with E-state index in [-0.39, 0.29) is 6.04 Å². The normalized spacial score (nSPS) is 12.4. The fourth-order valence-electron chi connectivity index (χ4n) is 2.10. The van der Waals surface area contributed by atoms with Crippen molar-refractivity contribution in [2.75, 3.05) is 7.11 Å². The van der Waals surface area contributed by atoms with E-state index in [1.165, 1.54) is 16.0 Å². The largest absolute Gasteiger partial charge is 0.497 e. The topological polar surface area (TPSA) is 35.2 Å². The highest BCUT2D eigenvalue weighted by Gasteiger charge is 2.12. The number of thiophene rings is 1. The minimum Gasteiger partial charge on any atom is -0.497 e. The second-order valence-corrected chi connectivity index (χ2v) is 7.19. The van der Waals surface area contributed by atoms with Crippen molar-refractivity contribution in [3.05, 3.63) is 50.1 Å². The second-order valence-electron chi connectivity index (χ2n) is 4.56. The van der Waals surface area contributed by atoms with E-state index < -0.39 is 0 Å². The molecule has 19 heavy (non-hydrogen) atoms. The monoisotopic (exact) mass is 339 g/mol. The lowest BCUT2D eigenvalue weighted by Crippen LogP contribution is -2.11. The highest BCUT2D eigenvalue weighted by atomic mass is 79.9. The highest BCUT2D eigenvalue weighted by Crippen LogP contribution is 2.31. The Balaban J connectivity index is 1.96. The van der Waals surface area contributed by atoms with E-state index in [0.29, 0.717) is 0 Å². The zero-order valence-corrected chi connectivity index (χ0v) is 13.6. The van der Waals surface area contributed by atoms with Crippen molar-refractivity contribution in [2.45, 2.75) is 25.8 Å². The summed E-state index contributed by atoms with van der Waals surface area (Å²) in [6.07, 6.45) is 1.94. The molecule has 1 aromatic carbocycles. The van der Waals surface area contributed by atoms with Crippen molar-refractivity contribution < 1.29 is 4.74 Å². The SMILES string of the molecule is COc1ccc(CCC(N)c2cc(Br)sc2C)cc1. The average molecular weight is 340 g/mol. The van der Waals surface area contributed by atoms with Gasteiger partial charge in [-0.15, -0.1) is 11.3 Å². The van der Waals surface area contributed by atoms with Gasteiger partial charge in [-0.3, -0.25) is 0 Å². The van der Waals surface area contributed by atoms with Gasteiger partial charge < -0.3 is 10.5 Å². The maximum atomic E-state index is 6.27. The van der Waals surface area contributed by atoms with E-state index >= 15 is 0 Å². The molecule has 0 aliphatic heterocycles. The first-order valence-electron chi connectivity index (χ1n) is 6.24. The van der Waals surface area contributed by atoms with Crippen LogP contribution in [0.3, 0.4) is 0 Å². The first kappa shape index (κ1) is 14.6. The molecule has 0 radical (unpaired) electrons. The van der Waals surface area contributed by atoms with Crippen LogP contribution in [0.15, 0.2) is 34.1 Å². The maximum Gasteiger partial charge on any atom is 0.118 e. The summed E-state index contributed by atoms with van der Waals surface area (Å²) in [6.45, 7) is 2.12. The second kappa shape index (κ2) is 6.55. The van der Waals surface area contributed by atoms with Crippen molar-refractivity contribution >= 4 is 27.3 Å². The summed E-state index contributed by atoms with van der Waals surface area (Å²) in [4.78, 5) is 1.30. The van der Waals surface area contributed by atoms with Crippen molar-refractivity contribution in [1.82, 2.24) is 0 Å². The molecule has 1 unspecified atom stereocenters. The number of aryl methyl sites for hydroxylation is 2. The number of nitrogens with two attached hydrogens (primary N) is 1. The number of methoxy groups -OCH3 is 1. The van der Waals surface area contributed by atoms with Crippen LogP contribution in [0.1, 0.15) is 28.5 Å². The van der Waals surface area contributed by atoms with Gasteiger partial charge in [-0.1, -0.05) is 12.1 Å². The Bertz CT molecular complexity index is 536. The third-order valence-corrected chi connectivity index (χ3v) is 4.80. The molecule has 0 saturated heterocycles. The first-order chi connectivity index (χ1) is 9.10. The lowest BCUT2D eigenvalue weighted by molar-refractivity contribution is 0.414. The lowest BCUT2D eigenvalue weighted by Gasteiger charge is -2.11. The predicted molar refractivity (Wildman–Crippen MR) is 85.0 cm³/mol. The number of ether oxygens (including phenoxy) is 1. The van der Waals surface area contributed by atoms with Gasteiger partial charge in [0, 0.05) is 10.9 Å². The Labute approximate surface area is 126 Å². The van der Waals surface area contributed by atoms with Crippen LogP contribution in [0.5, 0.6) is 5.75 Å². The quantitative estimate of drug-likeness (QED) is 0.872. The van der Waals surface area contributed by atoms with E-state index in [0.717, 1.165) is 22.4 Å². The molecule has 0 amide bonds. The minimum atomic E-state index is 0.102. The smallest absolute Gasteiger partial charge is 0.118 e. The van der Waals surface area contributed by atoms with Gasteiger partial charge in [0.1, 0.15) is 5.75 Å². The first-order valence-corrected chi connectivity index (χ1v) is 7.85. The van der Waals surface area contributed by atoms with E-state index in [2.05, 4.69) is 41.1 Å². The van der Waals surface area contributed by atoms with Crippen molar-refractivity contribution in [3.8, 4) is 5.75 Å². The third kappa shape index (κ3) is 3.81.